The summed E-state index contributed by atoms with van der Waals surface area (Å²) in [5.41, 5.74) is 4.46. The Morgan fingerprint density at radius 3 is 2.67 bits per heavy atom. The van der Waals surface area contributed by atoms with Gasteiger partial charge in [0.05, 0.1) is 25.5 Å². The highest BCUT2D eigenvalue weighted by Crippen LogP contribution is 2.20. The largest absolute Gasteiger partial charge is 0.492 e. The van der Waals surface area contributed by atoms with Gasteiger partial charge in [0.15, 0.2) is 0 Å². The van der Waals surface area contributed by atoms with E-state index >= 15 is 0 Å². The number of hydrogen-bond acceptors (Lipinski definition) is 5. The number of benzene rings is 1. The molecule has 1 aromatic carbocycles. The minimum absolute atomic E-state index is 0.129. The minimum Gasteiger partial charge on any atom is -0.492 e. The lowest BCUT2D eigenvalue weighted by Gasteiger charge is -2.28. The molecule has 0 spiro atoms. The Balaban J connectivity index is 1.32. The molecule has 0 aliphatic carbocycles. The van der Waals surface area contributed by atoms with Crippen LogP contribution in [0.4, 0.5) is 5.69 Å². The number of imidazole rings is 1. The van der Waals surface area contributed by atoms with E-state index < -0.39 is 0 Å². The maximum atomic E-state index is 12.8. The number of rotatable bonds is 7. The number of carbonyl (C=O) groups excluding carboxylic acids is 1. The van der Waals surface area contributed by atoms with Gasteiger partial charge in [0.25, 0.3) is 5.91 Å². The number of hydrogen-bond donors (Lipinski definition) is 1. The predicted octanol–water partition coefficient (Wildman–Crippen LogP) is 2.85. The van der Waals surface area contributed by atoms with E-state index in [-0.39, 0.29) is 5.91 Å². The lowest BCUT2D eigenvalue weighted by molar-refractivity contribution is 0.0940. The van der Waals surface area contributed by atoms with Gasteiger partial charge in [-0.1, -0.05) is 13.0 Å². The first-order valence-corrected chi connectivity index (χ1v) is 10.5. The standard InChI is InChI=1S/C23H28N4O3/c1-3-20-22(27-16-17(2)4-9-21(27)25-20)23(28)24-10-13-30-19-7-5-18(6-8-19)26-11-14-29-15-12-26/h4-9,16H,3,10-15H2,1-2H3,(H,24,28). The number of morpholine rings is 1. The van der Waals surface area contributed by atoms with Crippen molar-refractivity contribution in [1.82, 2.24) is 14.7 Å². The van der Waals surface area contributed by atoms with Crippen LogP contribution < -0.4 is 15.0 Å². The first kappa shape index (κ1) is 20.2. The molecule has 158 valence electrons. The van der Waals surface area contributed by atoms with Gasteiger partial charge in [-0.05, 0) is 49.2 Å². The van der Waals surface area contributed by atoms with E-state index in [0.29, 0.717) is 25.3 Å². The van der Waals surface area contributed by atoms with Gasteiger partial charge in [0.2, 0.25) is 0 Å². The quantitative estimate of drug-likeness (QED) is 0.609. The molecule has 0 saturated carbocycles. The van der Waals surface area contributed by atoms with Crippen LogP contribution in [0.25, 0.3) is 5.65 Å². The summed E-state index contributed by atoms with van der Waals surface area (Å²) in [5.74, 6) is 0.664. The summed E-state index contributed by atoms with van der Waals surface area (Å²) in [6.07, 6.45) is 2.65. The predicted molar refractivity (Wildman–Crippen MR) is 117 cm³/mol. The highest BCUT2D eigenvalue weighted by atomic mass is 16.5. The van der Waals surface area contributed by atoms with Crippen molar-refractivity contribution in [2.45, 2.75) is 20.3 Å². The Labute approximate surface area is 176 Å². The number of fused-ring (bicyclic) bond motifs is 1. The van der Waals surface area contributed by atoms with Crippen molar-refractivity contribution >= 4 is 17.2 Å². The summed E-state index contributed by atoms with van der Waals surface area (Å²) in [4.78, 5) is 19.7. The number of aromatic nitrogens is 2. The third kappa shape index (κ3) is 4.41. The lowest BCUT2D eigenvalue weighted by Crippen LogP contribution is -2.36. The van der Waals surface area contributed by atoms with E-state index in [4.69, 9.17) is 9.47 Å². The Morgan fingerprint density at radius 1 is 1.17 bits per heavy atom. The van der Waals surface area contributed by atoms with Gasteiger partial charge in [-0.2, -0.15) is 0 Å². The molecule has 1 saturated heterocycles. The van der Waals surface area contributed by atoms with Gasteiger partial charge in [0.1, 0.15) is 23.7 Å². The zero-order valence-electron chi connectivity index (χ0n) is 17.6. The molecule has 3 aromatic rings. The van der Waals surface area contributed by atoms with Crippen LogP contribution in [-0.2, 0) is 11.2 Å². The maximum absolute atomic E-state index is 12.8. The molecular weight excluding hydrogens is 380 g/mol. The maximum Gasteiger partial charge on any atom is 0.270 e. The number of ether oxygens (including phenoxy) is 2. The van der Waals surface area contributed by atoms with E-state index in [2.05, 4.69) is 27.3 Å². The van der Waals surface area contributed by atoms with Gasteiger partial charge in [-0.15, -0.1) is 0 Å². The topological polar surface area (TPSA) is 68.1 Å². The zero-order valence-corrected chi connectivity index (χ0v) is 17.6. The molecule has 1 N–H and O–H groups in total. The molecule has 4 rings (SSSR count). The van der Waals surface area contributed by atoms with Crippen molar-refractivity contribution in [1.29, 1.82) is 0 Å². The number of pyridine rings is 1. The molecule has 1 aliphatic rings. The van der Waals surface area contributed by atoms with Crippen LogP contribution in [0.5, 0.6) is 5.75 Å². The average Bonchev–Trinajstić information content (AvgIpc) is 3.15. The molecular formula is C23H28N4O3. The minimum atomic E-state index is -0.129. The number of anilines is 1. The Bertz CT molecular complexity index is 1010. The summed E-state index contributed by atoms with van der Waals surface area (Å²) in [5, 5.41) is 2.96. The highest BCUT2D eigenvalue weighted by Gasteiger charge is 2.18. The summed E-state index contributed by atoms with van der Waals surface area (Å²) >= 11 is 0. The first-order chi connectivity index (χ1) is 14.7. The molecule has 0 bridgehead atoms. The third-order valence-corrected chi connectivity index (χ3v) is 5.26. The number of carbonyl (C=O) groups is 1. The van der Waals surface area contributed by atoms with Crippen LogP contribution in [-0.4, -0.2) is 54.7 Å². The molecule has 7 nitrogen and oxygen atoms in total. The summed E-state index contributed by atoms with van der Waals surface area (Å²) in [6, 6.07) is 12.0. The second kappa shape index (κ2) is 9.17. The van der Waals surface area contributed by atoms with Gasteiger partial charge < -0.3 is 19.7 Å². The van der Waals surface area contributed by atoms with Crippen molar-refractivity contribution in [2.24, 2.45) is 0 Å². The molecule has 7 heteroatoms. The fourth-order valence-corrected chi connectivity index (χ4v) is 3.68. The van der Waals surface area contributed by atoms with Crippen LogP contribution in [0.1, 0.15) is 28.7 Å². The smallest absolute Gasteiger partial charge is 0.270 e. The monoisotopic (exact) mass is 408 g/mol. The molecule has 0 unspecified atom stereocenters. The molecule has 3 heterocycles. The molecule has 1 aliphatic heterocycles. The van der Waals surface area contributed by atoms with Gasteiger partial charge >= 0.3 is 0 Å². The average molecular weight is 409 g/mol. The molecule has 2 aromatic heterocycles. The lowest BCUT2D eigenvalue weighted by atomic mass is 10.2. The van der Waals surface area contributed by atoms with Gasteiger partial charge in [-0.3, -0.25) is 9.20 Å². The van der Waals surface area contributed by atoms with Crippen molar-refractivity contribution in [3.05, 3.63) is 59.5 Å². The SMILES string of the molecule is CCc1nc2ccc(C)cn2c1C(=O)NCCOc1ccc(N2CCOCC2)cc1. The van der Waals surface area contributed by atoms with Crippen LogP contribution in [0.15, 0.2) is 42.6 Å². The van der Waals surface area contributed by atoms with Crippen LogP contribution >= 0.6 is 0 Å². The van der Waals surface area contributed by atoms with Crippen LogP contribution in [0.2, 0.25) is 0 Å². The summed E-state index contributed by atoms with van der Waals surface area (Å²) < 4.78 is 13.1. The van der Waals surface area contributed by atoms with Gasteiger partial charge in [-0.25, -0.2) is 4.98 Å². The Morgan fingerprint density at radius 2 is 1.93 bits per heavy atom. The van der Waals surface area contributed by atoms with E-state index in [9.17, 15) is 4.79 Å². The molecule has 30 heavy (non-hydrogen) atoms. The molecule has 0 atom stereocenters. The second-order valence-electron chi connectivity index (χ2n) is 7.39. The van der Waals surface area contributed by atoms with Crippen molar-refractivity contribution in [2.75, 3.05) is 44.4 Å². The third-order valence-electron chi connectivity index (χ3n) is 5.26. The number of amides is 1. The van der Waals surface area contributed by atoms with E-state index in [1.165, 1.54) is 5.69 Å². The number of nitrogens with one attached hydrogen (secondary N) is 1. The zero-order chi connectivity index (χ0) is 20.9. The Hall–Kier alpha value is -3.06. The molecule has 1 fully saturated rings. The van der Waals surface area contributed by atoms with E-state index in [0.717, 1.165) is 49.0 Å². The fraction of sp³-hybridized carbons (Fsp3) is 0.391. The van der Waals surface area contributed by atoms with Gasteiger partial charge in [0, 0.05) is 25.0 Å². The Kier molecular flexibility index (Phi) is 6.18. The number of aryl methyl sites for hydroxylation is 2. The van der Waals surface area contributed by atoms with Crippen LogP contribution in [0, 0.1) is 6.92 Å². The number of nitrogens with zero attached hydrogens (tertiary/aromatic N) is 3. The van der Waals surface area contributed by atoms with E-state index in [1.54, 1.807) is 0 Å². The highest BCUT2D eigenvalue weighted by molar-refractivity contribution is 5.94. The van der Waals surface area contributed by atoms with Crippen molar-refractivity contribution < 1.29 is 14.3 Å². The fourth-order valence-electron chi connectivity index (χ4n) is 3.68. The molecule has 0 radical (unpaired) electrons. The summed E-state index contributed by atoms with van der Waals surface area (Å²) in [7, 11) is 0. The molecule has 1 amide bonds. The normalized spacial score (nSPS) is 14.1. The van der Waals surface area contributed by atoms with Crippen molar-refractivity contribution in [3.8, 4) is 5.75 Å². The first-order valence-electron chi connectivity index (χ1n) is 10.5. The second-order valence-corrected chi connectivity index (χ2v) is 7.39. The van der Waals surface area contributed by atoms with E-state index in [1.807, 2.05) is 48.7 Å². The summed E-state index contributed by atoms with van der Waals surface area (Å²) in [6.45, 7) is 8.20. The van der Waals surface area contributed by atoms with Crippen molar-refractivity contribution in [3.63, 3.8) is 0 Å². The van der Waals surface area contributed by atoms with Crippen LogP contribution in [0.3, 0.4) is 0 Å².